The topological polar surface area (TPSA) is 110 Å². The van der Waals surface area contributed by atoms with Gasteiger partial charge in [0.1, 0.15) is 10.9 Å². The maximum absolute atomic E-state index is 12.3. The molecule has 2 atom stereocenters. The molecule has 0 bridgehead atoms. The van der Waals surface area contributed by atoms with Gasteiger partial charge in [0, 0.05) is 6.26 Å². The fourth-order valence-corrected chi connectivity index (χ4v) is 4.05. The second-order valence-electron chi connectivity index (χ2n) is 6.75. The molecule has 24 heavy (non-hydrogen) atoms. The Balaban J connectivity index is 3.37. The number of hydrogen-bond acceptors (Lipinski definition) is 5. The molecule has 0 radical (unpaired) electrons. The van der Waals surface area contributed by atoms with Crippen LogP contribution >= 0.6 is 0 Å². The molecule has 0 unspecified atom stereocenters. The lowest BCUT2D eigenvalue weighted by molar-refractivity contribution is -0.144. The Labute approximate surface area is 141 Å². The van der Waals surface area contributed by atoms with Gasteiger partial charge in [0.2, 0.25) is 0 Å². The molecule has 0 saturated carbocycles. The summed E-state index contributed by atoms with van der Waals surface area (Å²) >= 11 is 0. The van der Waals surface area contributed by atoms with Crippen molar-refractivity contribution in [1.29, 1.82) is 0 Å². The number of carbonyl (C=O) groups excluding carboxylic acids is 1. The van der Waals surface area contributed by atoms with E-state index in [1.807, 2.05) is 0 Å². The van der Waals surface area contributed by atoms with E-state index in [0.29, 0.717) is 0 Å². The van der Waals surface area contributed by atoms with E-state index in [1.54, 1.807) is 39.0 Å². The van der Waals surface area contributed by atoms with Crippen molar-refractivity contribution in [3.63, 3.8) is 0 Å². The summed E-state index contributed by atoms with van der Waals surface area (Å²) in [4.78, 5) is 23.9. The quantitative estimate of drug-likeness (QED) is 0.835. The average molecular weight is 357 g/mol. The number of ether oxygens (including phenoxy) is 1. The zero-order chi connectivity index (χ0) is 18.8. The summed E-state index contributed by atoms with van der Waals surface area (Å²) in [6.45, 7) is 6.01. The minimum atomic E-state index is -3.86. The summed E-state index contributed by atoms with van der Waals surface area (Å²) in [7, 11) is -3.86. The number of nitrogens with one attached hydrogen (secondary N) is 1. The van der Waals surface area contributed by atoms with Crippen molar-refractivity contribution in [2.24, 2.45) is 0 Å². The Bertz CT molecular complexity index is 708. The third-order valence-electron chi connectivity index (χ3n) is 3.26. The van der Waals surface area contributed by atoms with Gasteiger partial charge in [-0.3, -0.25) is 0 Å². The maximum Gasteiger partial charge on any atom is 0.408 e. The van der Waals surface area contributed by atoms with Gasteiger partial charge in [-0.15, -0.1) is 0 Å². The minimum absolute atomic E-state index is 0.265. The van der Waals surface area contributed by atoms with E-state index in [2.05, 4.69) is 5.32 Å². The van der Waals surface area contributed by atoms with Crippen molar-refractivity contribution in [1.82, 2.24) is 5.32 Å². The highest BCUT2D eigenvalue weighted by Gasteiger charge is 2.49. The molecule has 0 aliphatic carbocycles. The number of rotatable bonds is 5. The lowest BCUT2D eigenvalue weighted by Gasteiger charge is -2.34. The van der Waals surface area contributed by atoms with E-state index < -0.39 is 38.3 Å². The molecule has 2 N–H and O–H groups in total. The zero-order valence-electron chi connectivity index (χ0n) is 14.4. The number of amides is 1. The predicted molar refractivity (Wildman–Crippen MR) is 89.4 cm³/mol. The Morgan fingerprint density at radius 1 is 1.12 bits per heavy atom. The summed E-state index contributed by atoms with van der Waals surface area (Å²) in [6, 6.07) is 7.89. The number of carbonyl (C=O) groups is 2. The van der Waals surface area contributed by atoms with Crippen molar-refractivity contribution in [2.45, 2.75) is 44.1 Å². The van der Waals surface area contributed by atoms with Crippen LogP contribution in [0.25, 0.3) is 0 Å². The molecule has 0 aliphatic rings. The molecular weight excluding hydrogens is 334 g/mol. The molecule has 7 nitrogen and oxygen atoms in total. The van der Waals surface area contributed by atoms with Gasteiger partial charge in [-0.05, 0) is 33.3 Å². The number of alkyl carbamates (subject to hydrolysis) is 1. The number of carboxylic acid groups (broad SMARTS) is 1. The Morgan fingerprint density at radius 3 is 2.00 bits per heavy atom. The van der Waals surface area contributed by atoms with Crippen molar-refractivity contribution in [3.05, 3.63) is 35.9 Å². The molecule has 0 aromatic heterocycles. The van der Waals surface area contributed by atoms with Crippen LogP contribution in [0.15, 0.2) is 30.3 Å². The van der Waals surface area contributed by atoms with Crippen molar-refractivity contribution < 1.29 is 27.9 Å². The first-order valence-corrected chi connectivity index (χ1v) is 9.21. The Hall–Kier alpha value is -2.09. The zero-order valence-corrected chi connectivity index (χ0v) is 15.2. The molecule has 0 heterocycles. The lowest BCUT2D eigenvalue weighted by atomic mass is 9.92. The minimum Gasteiger partial charge on any atom is -0.479 e. The van der Waals surface area contributed by atoms with Gasteiger partial charge in [-0.25, -0.2) is 18.0 Å². The SMILES string of the molecule is CC(C)(C)OC(=O)N[C@@](C)(C(=O)O)[C@@H](c1ccccc1)S(C)(=O)=O. The second-order valence-corrected chi connectivity index (χ2v) is 8.89. The first kappa shape index (κ1) is 20.0. The molecular formula is C16H23NO6S. The predicted octanol–water partition coefficient (Wildman–Crippen LogP) is 2.14. The van der Waals surface area contributed by atoms with Crippen molar-refractivity contribution in [2.75, 3.05) is 6.26 Å². The molecule has 0 saturated heterocycles. The second kappa shape index (κ2) is 6.80. The van der Waals surface area contributed by atoms with Gasteiger partial charge in [-0.1, -0.05) is 30.3 Å². The van der Waals surface area contributed by atoms with Crippen LogP contribution in [0.2, 0.25) is 0 Å². The fraction of sp³-hybridized carbons (Fsp3) is 0.500. The molecule has 8 heteroatoms. The lowest BCUT2D eigenvalue weighted by Crippen LogP contribution is -2.58. The smallest absolute Gasteiger partial charge is 0.408 e. The fourth-order valence-electron chi connectivity index (χ4n) is 2.38. The highest BCUT2D eigenvalue weighted by molar-refractivity contribution is 7.91. The van der Waals surface area contributed by atoms with Crippen LogP contribution in [0.3, 0.4) is 0 Å². The van der Waals surface area contributed by atoms with Crippen LogP contribution in [0.5, 0.6) is 0 Å². The molecule has 134 valence electrons. The largest absolute Gasteiger partial charge is 0.479 e. The van der Waals surface area contributed by atoms with Gasteiger partial charge in [0.05, 0.1) is 0 Å². The van der Waals surface area contributed by atoms with E-state index in [-0.39, 0.29) is 5.56 Å². The summed E-state index contributed by atoms with van der Waals surface area (Å²) in [6.07, 6.45) is -0.0696. The summed E-state index contributed by atoms with van der Waals surface area (Å²) in [5.41, 5.74) is -2.69. The number of carboxylic acids is 1. The van der Waals surface area contributed by atoms with Crippen LogP contribution in [-0.4, -0.2) is 43.0 Å². The Morgan fingerprint density at radius 2 is 1.62 bits per heavy atom. The summed E-state index contributed by atoms with van der Waals surface area (Å²) in [5, 5.41) is 10.4. The van der Waals surface area contributed by atoms with Gasteiger partial charge in [-0.2, -0.15) is 0 Å². The van der Waals surface area contributed by atoms with Crippen LogP contribution in [-0.2, 0) is 19.4 Å². The molecule has 0 aliphatic heterocycles. The molecule has 1 aromatic rings. The first-order chi connectivity index (χ1) is 10.8. The van der Waals surface area contributed by atoms with E-state index in [4.69, 9.17) is 4.74 Å². The molecule has 0 spiro atoms. The van der Waals surface area contributed by atoms with E-state index in [1.165, 1.54) is 12.1 Å². The normalized spacial score (nSPS) is 15.9. The molecule has 1 aromatic carbocycles. The Kier molecular flexibility index (Phi) is 5.66. The number of sulfone groups is 1. The molecule has 1 rings (SSSR count). The van der Waals surface area contributed by atoms with Crippen LogP contribution in [0.1, 0.15) is 38.5 Å². The number of hydrogen-bond donors (Lipinski definition) is 2. The van der Waals surface area contributed by atoms with Crippen LogP contribution in [0, 0.1) is 0 Å². The van der Waals surface area contributed by atoms with Gasteiger partial charge in [0.25, 0.3) is 0 Å². The summed E-state index contributed by atoms with van der Waals surface area (Å²) < 4.78 is 29.7. The number of aliphatic carboxylic acids is 1. The maximum atomic E-state index is 12.3. The third-order valence-corrected chi connectivity index (χ3v) is 4.86. The highest BCUT2D eigenvalue weighted by Crippen LogP contribution is 2.34. The first-order valence-electron chi connectivity index (χ1n) is 7.26. The van der Waals surface area contributed by atoms with Gasteiger partial charge >= 0.3 is 12.1 Å². The van der Waals surface area contributed by atoms with Crippen molar-refractivity contribution >= 4 is 21.9 Å². The van der Waals surface area contributed by atoms with E-state index in [0.717, 1.165) is 13.2 Å². The van der Waals surface area contributed by atoms with Crippen molar-refractivity contribution in [3.8, 4) is 0 Å². The van der Waals surface area contributed by atoms with E-state index in [9.17, 15) is 23.1 Å². The number of benzene rings is 1. The summed E-state index contributed by atoms with van der Waals surface area (Å²) in [5.74, 6) is -1.48. The van der Waals surface area contributed by atoms with E-state index >= 15 is 0 Å². The highest BCUT2D eigenvalue weighted by atomic mass is 32.2. The standard InChI is InChI=1S/C16H23NO6S/c1-15(2,3)23-14(20)17-16(4,13(18)19)12(24(5,21)22)11-9-7-6-8-10-11/h6-10,12H,1-5H3,(H,17,20)(H,18,19)/t12-,16-/m1/s1. The molecule has 0 fully saturated rings. The third kappa shape index (κ3) is 4.95. The monoisotopic (exact) mass is 357 g/mol. The van der Waals surface area contributed by atoms with Gasteiger partial charge in [0.15, 0.2) is 15.4 Å². The molecule has 1 amide bonds. The van der Waals surface area contributed by atoms with Crippen LogP contribution < -0.4 is 5.32 Å². The van der Waals surface area contributed by atoms with Crippen LogP contribution in [0.4, 0.5) is 4.79 Å². The average Bonchev–Trinajstić information content (AvgIpc) is 2.35. The van der Waals surface area contributed by atoms with Gasteiger partial charge < -0.3 is 15.2 Å².